The van der Waals surface area contributed by atoms with Crippen LogP contribution in [0.15, 0.2) is 63.0 Å². The lowest BCUT2D eigenvalue weighted by Crippen LogP contribution is -2.36. The lowest BCUT2D eigenvalue weighted by Gasteiger charge is -2.22. The molecule has 0 atom stereocenters. The van der Waals surface area contributed by atoms with E-state index in [2.05, 4.69) is 0 Å². The fraction of sp³-hybridized carbons (Fsp3) is 0.364. The van der Waals surface area contributed by atoms with Gasteiger partial charge in [-0.3, -0.25) is 9.59 Å². The molecular weight excluding hydrogens is 450 g/mol. The SMILES string of the molecule is CCN(CC)S(=O)(=O)c1ccc(=O)n(CC(=O)N(Cc2ccco2)Cc2ccc(C)s2)c1. The van der Waals surface area contributed by atoms with E-state index < -0.39 is 15.6 Å². The lowest BCUT2D eigenvalue weighted by molar-refractivity contribution is -0.133. The number of furan rings is 1. The Balaban J connectivity index is 1.87. The molecule has 3 heterocycles. The molecule has 0 spiro atoms. The van der Waals surface area contributed by atoms with Gasteiger partial charge in [0.05, 0.1) is 24.2 Å². The maximum atomic E-state index is 13.2. The molecule has 0 fully saturated rings. The summed E-state index contributed by atoms with van der Waals surface area (Å²) in [5.74, 6) is 0.309. The summed E-state index contributed by atoms with van der Waals surface area (Å²) in [6.45, 7) is 6.46. The number of carbonyl (C=O) groups excluding carboxylic acids is 1. The summed E-state index contributed by atoms with van der Waals surface area (Å²) in [6.07, 6.45) is 2.79. The second-order valence-electron chi connectivity index (χ2n) is 7.26. The number of carbonyl (C=O) groups is 1. The zero-order chi connectivity index (χ0) is 23.3. The van der Waals surface area contributed by atoms with Crippen LogP contribution in [0.4, 0.5) is 0 Å². The molecule has 32 heavy (non-hydrogen) atoms. The van der Waals surface area contributed by atoms with E-state index >= 15 is 0 Å². The molecule has 0 aliphatic rings. The normalized spacial score (nSPS) is 11.8. The predicted octanol–water partition coefficient (Wildman–Crippen LogP) is 3.07. The number of rotatable bonds is 10. The first-order valence-electron chi connectivity index (χ1n) is 10.3. The van der Waals surface area contributed by atoms with Crippen LogP contribution in [-0.4, -0.2) is 41.2 Å². The molecule has 3 aromatic rings. The van der Waals surface area contributed by atoms with Crippen LogP contribution < -0.4 is 5.56 Å². The molecule has 0 aromatic carbocycles. The first kappa shape index (κ1) is 24.0. The minimum atomic E-state index is -3.75. The van der Waals surface area contributed by atoms with Gasteiger partial charge in [0, 0.05) is 35.1 Å². The second-order valence-corrected chi connectivity index (χ2v) is 10.6. The molecule has 0 aliphatic heterocycles. The molecule has 10 heteroatoms. The smallest absolute Gasteiger partial charge is 0.251 e. The van der Waals surface area contributed by atoms with Crippen LogP contribution in [0.3, 0.4) is 0 Å². The number of hydrogen-bond acceptors (Lipinski definition) is 6. The highest BCUT2D eigenvalue weighted by Crippen LogP contribution is 2.19. The van der Waals surface area contributed by atoms with Crippen molar-refractivity contribution in [3.8, 4) is 0 Å². The Bertz CT molecular complexity index is 1210. The van der Waals surface area contributed by atoms with Gasteiger partial charge in [-0.2, -0.15) is 4.31 Å². The maximum absolute atomic E-state index is 13.2. The average molecular weight is 478 g/mol. The summed E-state index contributed by atoms with van der Waals surface area (Å²) in [4.78, 5) is 29.3. The number of thiophene rings is 1. The molecule has 0 radical (unpaired) electrons. The highest BCUT2D eigenvalue weighted by atomic mass is 32.2. The van der Waals surface area contributed by atoms with Crippen LogP contribution in [0.25, 0.3) is 0 Å². The Morgan fingerprint density at radius 2 is 1.84 bits per heavy atom. The van der Waals surface area contributed by atoms with Crippen molar-refractivity contribution >= 4 is 27.3 Å². The summed E-state index contributed by atoms with van der Waals surface area (Å²) < 4.78 is 33.5. The Morgan fingerprint density at radius 1 is 1.09 bits per heavy atom. The van der Waals surface area contributed by atoms with E-state index in [0.29, 0.717) is 25.4 Å². The van der Waals surface area contributed by atoms with Gasteiger partial charge in [0.1, 0.15) is 12.3 Å². The Labute approximate surface area is 191 Å². The van der Waals surface area contributed by atoms with E-state index in [4.69, 9.17) is 4.42 Å². The molecule has 0 bridgehead atoms. The van der Waals surface area contributed by atoms with Crippen LogP contribution in [0.5, 0.6) is 0 Å². The lowest BCUT2D eigenvalue weighted by atomic mass is 10.3. The van der Waals surface area contributed by atoms with Crippen LogP contribution in [0.1, 0.15) is 29.4 Å². The Hall–Kier alpha value is -2.69. The van der Waals surface area contributed by atoms with Gasteiger partial charge in [-0.1, -0.05) is 13.8 Å². The molecular formula is C22H27N3O5S2. The molecule has 0 N–H and O–H groups in total. The van der Waals surface area contributed by atoms with Crippen molar-refractivity contribution in [2.45, 2.75) is 45.3 Å². The standard InChI is InChI=1S/C22H27N3O5S2/c1-4-25(5-2)32(28,29)20-10-11-21(26)24(15-20)16-22(27)23(13-18-7-6-12-30-18)14-19-9-8-17(3)31-19/h6-12,15H,4-5,13-14,16H2,1-3H3. The molecule has 0 aliphatic carbocycles. The van der Waals surface area contributed by atoms with Crippen molar-refractivity contribution in [3.63, 3.8) is 0 Å². The van der Waals surface area contributed by atoms with Crippen molar-refractivity contribution in [1.29, 1.82) is 0 Å². The molecule has 0 unspecified atom stereocenters. The van der Waals surface area contributed by atoms with Gasteiger partial charge in [0.15, 0.2) is 0 Å². The zero-order valence-corrected chi connectivity index (χ0v) is 20.0. The Morgan fingerprint density at radius 3 is 2.44 bits per heavy atom. The number of aryl methyl sites for hydroxylation is 1. The van der Waals surface area contributed by atoms with E-state index in [1.165, 1.54) is 22.6 Å². The van der Waals surface area contributed by atoms with E-state index in [1.54, 1.807) is 48.5 Å². The van der Waals surface area contributed by atoms with Crippen LogP contribution in [0, 0.1) is 6.92 Å². The largest absolute Gasteiger partial charge is 0.467 e. The minimum absolute atomic E-state index is 0.0138. The molecule has 172 valence electrons. The molecule has 0 saturated carbocycles. The van der Waals surface area contributed by atoms with E-state index in [0.717, 1.165) is 14.3 Å². The number of aromatic nitrogens is 1. The maximum Gasteiger partial charge on any atom is 0.251 e. The average Bonchev–Trinajstić information content (AvgIpc) is 3.41. The van der Waals surface area contributed by atoms with Crippen molar-refractivity contribution in [2.75, 3.05) is 13.1 Å². The summed E-state index contributed by atoms with van der Waals surface area (Å²) in [5.41, 5.74) is -0.443. The highest BCUT2D eigenvalue weighted by molar-refractivity contribution is 7.89. The molecule has 0 saturated heterocycles. The van der Waals surface area contributed by atoms with Gasteiger partial charge >= 0.3 is 0 Å². The number of amides is 1. The summed E-state index contributed by atoms with van der Waals surface area (Å²) in [5, 5.41) is 0. The van der Waals surface area contributed by atoms with E-state index in [-0.39, 0.29) is 23.9 Å². The number of nitrogens with zero attached hydrogens (tertiary/aromatic N) is 3. The van der Waals surface area contributed by atoms with Gasteiger partial charge in [-0.15, -0.1) is 11.3 Å². The number of hydrogen-bond donors (Lipinski definition) is 0. The fourth-order valence-corrected chi connectivity index (χ4v) is 5.71. The quantitative estimate of drug-likeness (QED) is 0.447. The van der Waals surface area contributed by atoms with Gasteiger partial charge in [0.25, 0.3) is 5.56 Å². The van der Waals surface area contributed by atoms with Gasteiger partial charge in [-0.25, -0.2) is 8.42 Å². The molecule has 3 rings (SSSR count). The first-order chi connectivity index (χ1) is 15.2. The van der Waals surface area contributed by atoms with Gasteiger partial charge in [-0.05, 0) is 37.3 Å². The number of pyridine rings is 1. The van der Waals surface area contributed by atoms with Gasteiger partial charge < -0.3 is 13.9 Å². The van der Waals surface area contributed by atoms with Gasteiger partial charge in [0.2, 0.25) is 15.9 Å². The summed E-state index contributed by atoms with van der Waals surface area (Å²) in [7, 11) is -3.75. The highest BCUT2D eigenvalue weighted by Gasteiger charge is 2.23. The monoisotopic (exact) mass is 477 g/mol. The molecule has 8 nitrogen and oxygen atoms in total. The van der Waals surface area contributed by atoms with E-state index in [9.17, 15) is 18.0 Å². The van der Waals surface area contributed by atoms with Crippen molar-refractivity contribution in [3.05, 3.63) is 74.7 Å². The van der Waals surface area contributed by atoms with Crippen molar-refractivity contribution < 1.29 is 17.6 Å². The minimum Gasteiger partial charge on any atom is -0.467 e. The third kappa shape index (κ3) is 5.56. The second kappa shape index (κ2) is 10.3. The fourth-order valence-electron chi connectivity index (χ4n) is 3.32. The van der Waals surface area contributed by atoms with Crippen LogP contribution >= 0.6 is 11.3 Å². The van der Waals surface area contributed by atoms with E-state index in [1.807, 2.05) is 19.1 Å². The zero-order valence-electron chi connectivity index (χ0n) is 18.4. The summed E-state index contributed by atoms with van der Waals surface area (Å²) >= 11 is 1.59. The Kier molecular flexibility index (Phi) is 7.70. The predicted molar refractivity (Wildman–Crippen MR) is 123 cm³/mol. The molecule has 1 amide bonds. The number of sulfonamides is 1. The third-order valence-electron chi connectivity index (χ3n) is 5.03. The first-order valence-corrected chi connectivity index (χ1v) is 12.6. The third-order valence-corrected chi connectivity index (χ3v) is 8.05. The topological polar surface area (TPSA) is 92.8 Å². The van der Waals surface area contributed by atoms with Crippen LogP contribution in [0.2, 0.25) is 0 Å². The summed E-state index contributed by atoms with van der Waals surface area (Å²) in [6, 6.07) is 9.95. The van der Waals surface area contributed by atoms with Crippen molar-refractivity contribution in [2.24, 2.45) is 0 Å². The molecule has 3 aromatic heterocycles. The van der Waals surface area contributed by atoms with Crippen molar-refractivity contribution in [1.82, 2.24) is 13.8 Å². The van der Waals surface area contributed by atoms with Crippen LogP contribution in [-0.2, 0) is 34.5 Å².